The molecular formula is C16H19N3O2S. The number of amides is 1. The maximum absolute atomic E-state index is 12.5. The highest BCUT2D eigenvalue weighted by atomic mass is 32.1. The normalized spacial score (nSPS) is 12.9. The molecule has 0 fully saturated rings. The molecule has 1 amide bonds. The number of nitrogens with two attached hydrogens (primary N) is 1. The Morgan fingerprint density at radius 2 is 2.18 bits per heavy atom. The van der Waals surface area contributed by atoms with E-state index in [0.717, 1.165) is 21.7 Å². The van der Waals surface area contributed by atoms with Crippen LogP contribution in [0.4, 0.5) is 5.69 Å². The van der Waals surface area contributed by atoms with Crippen LogP contribution < -0.4 is 11.1 Å². The standard InChI is InChI=1S/C16H19N3O2S/c1-10-5-6-11(2)14(8-10)18-16(20)13(15(17)19-21)9-12-4-3-7-22-12/h3-8,13,21H,9H2,1-2H3,(H2,17,19)(H,18,20)/t13-/m0/s1. The zero-order valence-corrected chi connectivity index (χ0v) is 13.4. The molecule has 6 heteroatoms. The van der Waals surface area contributed by atoms with Crippen LogP contribution in [0.3, 0.4) is 0 Å². The van der Waals surface area contributed by atoms with Crippen LogP contribution in [0.2, 0.25) is 0 Å². The predicted molar refractivity (Wildman–Crippen MR) is 89.5 cm³/mol. The molecular weight excluding hydrogens is 298 g/mol. The van der Waals surface area contributed by atoms with Gasteiger partial charge in [0.25, 0.3) is 0 Å². The van der Waals surface area contributed by atoms with Crippen LogP contribution in [0, 0.1) is 19.8 Å². The van der Waals surface area contributed by atoms with Gasteiger partial charge < -0.3 is 16.3 Å². The van der Waals surface area contributed by atoms with E-state index in [9.17, 15) is 4.79 Å². The van der Waals surface area contributed by atoms with Gasteiger partial charge in [-0.15, -0.1) is 11.3 Å². The zero-order valence-electron chi connectivity index (χ0n) is 12.5. The summed E-state index contributed by atoms with van der Waals surface area (Å²) < 4.78 is 0. The number of carbonyl (C=O) groups excluding carboxylic acids is 1. The van der Waals surface area contributed by atoms with Crippen molar-refractivity contribution in [1.82, 2.24) is 0 Å². The van der Waals surface area contributed by atoms with Gasteiger partial charge in [-0.25, -0.2) is 0 Å². The largest absolute Gasteiger partial charge is 0.409 e. The minimum atomic E-state index is -0.705. The topological polar surface area (TPSA) is 87.7 Å². The van der Waals surface area contributed by atoms with E-state index >= 15 is 0 Å². The lowest BCUT2D eigenvalue weighted by molar-refractivity contribution is -0.118. The Hall–Kier alpha value is -2.34. The highest BCUT2D eigenvalue weighted by Gasteiger charge is 2.24. The summed E-state index contributed by atoms with van der Waals surface area (Å²) in [5.74, 6) is -1.07. The molecule has 0 saturated carbocycles. The molecule has 2 aromatic rings. The fourth-order valence-electron chi connectivity index (χ4n) is 2.12. The number of carbonyl (C=O) groups is 1. The van der Waals surface area contributed by atoms with Crippen molar-refractivity contribution in [2.45, 2.75) is 20.3 Å². The number of benzene rings is 1. The van der Waals surface area contributed by atoms with Gasteiger partial charge in [-0.05, 0) is 42.5 Å². The minimum absolute atomic E-state index is 0.0868. The van der Waals surface area contributed by atoms with Gasteiger partial charge in [-0.3, -0.25) is 4.79 Å². The molecule has 0 bridgehead atoms. The number of nitrogens with zero attached hydrogens (tertiary/aromatic N) is 1. The van der Waals surface area contributed by atoms with Crippen LogP contribution in [-0.2, 0) is 11.2 Å². The van der Waals surface area contributed by atoms with Gasteiger partial charge in [0.15, 0.2) is 5.84 Å². The van der Waals surface area contributed by atoms with Crippen molar-refractivity contribution in [3.8, 4) is 0 Å². The summed E-state index contributed by atoms with van der Waals surface area (Å²) in [6, 6.07) is 9.67. The van der Waals surface area contributed by atoms with Crippen LogP contribution in [0.5, 0.6) is 0 Å². The van der Waals surface area contributed by atoms with Crippen molar-refractivity contribution in [2.75, 3.05) is 5.32 Å². The van der Waals surface area contributed by atoms with Crippen LogP contribution in [0.15, 0.2) is 40.9 Å². The number of thiophene rings is 1. The Labute approximate surface area is 133 Å². The molecule has 1 atom stereocenters. The molecule has 4 N–H and O–H groups in total. The van der Waals surface area contributed by atoms with E-state index in [1.807, 2.05) is 49.6 Å². The summed E-state index contributed by atoms with van der Waals surface area (Å²) >= 11 is 1.54. The summed E-state index contributed by atoms with van der Waals surface area (Å²) in [4.78, 5) is 13.5. The Morgan fingerprint density at radius 3 is 2.82 bits per heavy atom. The molecule has 116 valence electrons. The van der Waals surface area contributed by atoms with E-state index in [1.54, 1.807) is 0 Å². The van der Waals surface area contributed by atoms with Gasteiger partial charge >= 0.3 is 0 Å². The Bertz CT molecular complexity index is 681. The van der Waals surface area contributed by atoms with Crippen LogP contribution in [-0.4, -0.2) is 17.0 Å². The monoisotopic (exact) mass is 317 g/mol. The summed E-state index contributed by atoms with van der Waals surface area (Å²) in [5, 5.41) is 16.7. The van der Waals surface area contributed by atoms with E-state index in [2.05, 4.69) is 10.5 Å². The van der Waals surface area contributed by atoms with Gasteiger partial charge in [0.1, 0.15) is 5.92 Å². The Morgan fingerprint density at radius 1 is 1.41 bits per heavy atom. The van der Waals surface area contributed by atoms with E-state index in [4.69, 9.17) is 10.9 Å². The number of hydrogen-bond donors (Lipinski definition) is 3. The summed E-state index contributed by atoms with van der Waals surface area (Å²) in [6.45, 7) is 3.88. The van der Waals surface area contributed by atoms with Crippen molar-refractivity contribution in [2.24, 2.45) is 16.8 Å². The molecule has 0 radical (unpaired) electrons. The lowest BCUT2D eigenvalue weighted by atomic mass is 10.0. The second kappa shape index (κ2) is 7.09. The van der Waals surface area contributed by atoms with Crippen LogP contribution >= 0.6 is 11.3 Å². The summed E-state index contributed by atoms with van der Waals surface area (Å²) in [5.41, 5.74) is 8.46. The quantitative estimate of drug-likeness (QED) is 0.343. The first-order valence-electron chi connectivity index (χ1n) is 6.89. The van der Waals surface area contributed by atoms with Gasteiger partial charge in [0.2, 0.25) is 5.91 Å². The van der Waals surface area contributed by atoms with E-state index in [1.165, 1.54) is 11.3 Å². The van der Waals surface area contributed by atoms with E-state index in [0.29, 0.717) is 6.42 Å². The first-order valence-corrected chi connectivity index (χ1v) is 7.77. The highest BCUT2D eigenvalue weighted by molar-refractivity contribution is 7.09. The molecule has 1 aromatic carbocycles. The van der Waals surface area contributed by atoms with Gasteiger partial charge in [0.05, 0.1) is 0 Å². The predicted octanol–water partition coefficient (Wildman–Crippen LogP) is 2.91. The second-order valence-electron chi connectivity index (χ2n) is 5.17. The third kappa shape index (κ3) is 3.85. The Balaban J connectivity index is 2.20. The highest BCUT2D eigenvalue weighted by Crippen LogP contribution is 2.20. The molecule has 0 aliphatic carbocycles. The summed E-state index contributed by atoms with van der Waals surface area (Å²) in [7, 11) is 0. The number of anilines is 1. The number of hydrogen-bond acceptors (Lipinski definition) is 4. The smallest absolute Gasteiger partial charge is 0.235 e. The first kappa shape index (κ1) is 16.0. The number of nitrogens with one attached hydrogen (secondary N) is 1. The van der Waals surface area contributed by atoms with E-state index < -0.39 is 5.92 Å². The fourth-order valence-corrected chi connectivity index (χ4v) is 2.87. The molecule has 2 rings (SSSR count). The van der Waals surface area contributed by atoms with E-state index in [-0.39, 0.29) is 11.7 Å². The molecule has 0 unspecified atom stereocenters. The molecule has 5 nitrogen and oxygen atoms in total. The summed E-state index contributed by atoms with van der Waals surface area (Å²) in [6.07, 6.45) is 0.407. The molecule has 0 aliphatic heterocycles. The third-order valence-electron chi connectivity index (χ3n) is 3.43. The lowest BCUT2D eigenvalue weighted by Crippen LogP contribution is -2.36. The third-order valence-corrected chi connectivity index (χ3v) is 4.32. The zero-order chi connectivity index (χ0) is 16.1. The van der Waals surface area contributed by atoms with Gasteiger partial charge in [0, 0.05) is 17.0 Å². The molecule has 0 spiro atoms. The molecule has 1 aromatic heterocycles. The average molecular weight is 317 g/mol. The molecule has 1 heterocycles. The maximum atomic E-state index is 12.5. The number of aryl methyl sites for hydroxylation is 2. The van der Waals surface area contributed by atoms with Crippen LogP contribution in [0.1, 0.15) is 16.0 Å². The van der Waals surface area contributed by atoms with Crippen molar-refractivity contribution >= 4 is 28.8 Å². The second-order valence-corrected chi connectivity index (χ2v) is 6.20. The van der Waals surface area contributed by atoms with Crippen molar-refractivity contribution in [3.05, 3.63) is 51.7 Å². The first-order chi connectivity index (χ1) is 10.5. The molecule has 22 heavy (non-hydrogen) atoms. The lowest BCUT2D eigenvalue weighted by Gasteiger charge is -2.16. The molecule has 0 saturated heterocycles. The number of amidine groups is 1. The average Bonchev–Trinajstić information content (AvgIpc) is 3.00. The number of rotatable bonds is 5. The Kier molecular flexibility index (Phi) is 5.16. The number of oxime groups is 1. The van der Waals surface area contributed by atoms with Crippen molar-refractivity contribution in [3.63, 3.8) is 0 Å². The SMILES string of the molecule is Cc1ccc(C)c(NC(=O)[C@@H](Cc2cccs2)/C(N)=N\O)c1. The molecule has 0 aliphatic rings. The van der Waals surface area contributed by atoms with Gasteiger partial charge in [-0.1, -0.05) is 23.4 Å². The fraction of sp³-hybridized carbons (Fsp3) is 0.250. The van der Waals surface area contributed by atoms with Crippen molar-refractivity contribution in [1.29, 1.82) is 0 Å². The van der Waals surface area contributed by atoms with Gasteiger partial charge in [-0.2, -0.15) is 0 Å². The van der Waals surface area contributed by atoms with Crippen LogP contribution in [0.25, 0.3) is 0 Å². The van der Waals surface area contributed by atoms with Crippen molar-refractivity contribution < 1.29 is 10.0 Å². The maximum Gasteiger partial charge on any atom is 0.235 e. The minimum Gasteiger partial charge on any atom is -0.409 e.